The Hall–Kier alpha value is -0.133. The van der Waals surface area contributed by atoms with Gasteiger partial charge in [-0.1, -0.05) is 46.7 Å². The van der Waals surface area contributed by atoms with E-state index in [4.69, 9.17) is 16.2 Å². The van der Waals surface area contributed by atoms with Crippen LogP contribution in [-0.2, 0) is 0 Å². The molecule has 0 saturated heterocycles. The second-order valence-corrected chi connectivity index (χ2v) is 11.6. The van der Waals surface area contributed by atoms with Crippen molar-refractivity contribution in [2.75, 3.05) is 0 Å². The van der Waals surface area contributed by atoms with Gasteiger partial charge in [-0.15, -0.1) is 0 Å². The average Bonchev–Trinajstić information content (AvgIpc) is 1.85. The fraction of sp³-hybridized carbons (Fsp3) is 0.800. The van der Waals surface area contributed by atoms with Gasteiger partial charge in [0.2, 0.25) is 0 Å². The normalized spacial score (nSPS) is 10.7. The highest BCUT2D eigenvalue weighted by Crippen LogP contribution is 2.38. The molecule has 0 saturated carbocycles. The van der Waals surface area contributed by atoms with E-state index in [-0.39, 0.29) is 0 Å². The van der Waals surface area contributed by atoms with Crippen molar-refractivity contribution in [2.24, 2.45) is 0 Å². The number of hydrogen-bond acceptors (Lipinski definition) is 1. The summed E-state index contributed by atoms with van der Waals surface area (Å²) in [6.45, 7) is 12.8. The minimum Gasteiger partial charge on any atom is -0.462 e. The molecule has 0 fully saturated rings. The molecule has 0 aromatic carbocycles. The maximum atomic E-state index is 7.71. The monoisotopic (exact) mass is 220 g/mol. The fourth-order valence-corrected chi connectivity index (χ4v) is 0.0791. The van der Waals surface area contributed by atoms with E-state index in [0.29, 0.717) is 5.04 Å². The predicted molar refractivity (Wildman–Crippen MR) is 63.1 cm³/mol. The van der Waals surface area contributed by atoms with E-state index in [0.717, 1.165) is 6.42 Å². The molecule has 78 valence electrons. The van der Waals surface area contributed by atoms with Gasteiger partial charge in [0.25, 0.3) is 0 Å². The lowest BCUT2D eigenvalue weighted by Crippen LogP contribution is -2.29. The quantitative estimate of drug-likeness (QED) is 0.372. The first-order chi connectivity index (χ1) is 5.66. The zero-order valence-electron chi connectivity index (χ0n) is 9.53. The minimum atomic E-state index is -1.39. The van der Waals surface area contributed by atoms with Crippen LogP contribution in [0.25, 0.3) is 0 Å². The van der Waals surface area contributed by atoms with Crippen molar-refractivity contribution in [1.29, 1.82) is 0 Å². The van der Waals surface area contributed by atoms with Crippen LogP contribution in [0, 0.1) is 12.0 Å². The number of aliphatic hydroxyl groups excluding tert-OH is 1. The van der Waals surface area contributed by atoms with Gasteiger partial charge in [0.05, 0.1) is 0 Å². The summed E-state index contributed by atoms with van der Waals surface area (Å²) in [6.07, 6.45) is 2.50. The first-order valence-electron chi connectivity index (χ1n) is 4.47. The van der Waals surface area contributed by atoms with Crippen molar-refractivity contribution >= 4 is 18.5 Å². The predicted octanol–water partition coefficient (Wildman–Crippen LogP) is 3.96. The summed E-state index contributed by atoms with van der Waals surface area (Å²) in [5.74, 6) is 2.42. The van der Waals surface area contributed by atoms with E-state index in [1.807, 2.05) is 6.92 Å². The lowest BCUT2D eigenvalue weighted by Gasteiger charge is -2.29. The average molecular weight is 221 g/mol. The van der Waals surface area contributed by atoms with Crippen LogP contribution in [-0.4, -0.2) is 12.5 Å². The van der Waals surface area contributed by atoms with Crippen molar-refractivity contribution in [2.45, 2.75) is 52.2 Å². The molecule has 0 aliphatic heterocycles. The molecule has 0 aliphatic carbocycles. The van der Waals surface area contributed by atoms with Crippen LogP contribution in [0.2, 0.25) is 18.1 Å². The third kappa shape index (κ3) is 9.78. The second-order valence-electron chi connectivity index (χ2n) is 4.36. The zero-order valence-corrected chi connectivity index (χ0v) is 11.3. The van der Waals surface area contributed by atoms with Crippen LogP contribution >= 0.6 is 11.1 Å². The summed E-state index contributed by atoms with van der Waals surface area (Å²) in [7, 11) is -1.39. The van der Waals surface area contributed by atoms with E-state index < -0.39 is 7.38 Å². The molecule has 1 N–H and O–H groups in total. The smallest absolute Gasteiger partial charge is 0.155 e. The number of aliphatic hydroxyl groups is 1. The van der Waals surface area contributed by atoms with Crippen molar-refractivity contribution < 1.29 is 5.11 Å². The number of rotatable bonds is 0. The van der Waals surface area contributed by atoms with Crippen LogP contribution in [0.3, 0.4) is 0 Å². The van der Waals surface area contributed by atoms with E-state index in [1.54, 1.807) is 6.11 Å². The molecule has 0 spiro atoms. The number of halogens is 1. The highest BCUT2D eigenvalue weighted by molar-refractivity contribution is 7.20. The first-order valence-corrected chi connectivity index (χ1v) is 8.49. The summed E-state index contributed by atoms with van der Waals surface area (Å²) in [6, 6.07) is 0. The van der Waals surface area contributed by atoms with Crippen LogP contribution in [0.1, 0.15) is 34.1 Å². The zero-order chi connectivity index (χ0) is 11.1. The van der Waals surface area contributed by atoms with Gasteiger partial charge in [0, 0.05) is 6.42 Å². The largest absolute Gasteiger partial charge is 0.462 e. The molecule has 0 unspecified atom stereocenters. The molecule has 0 aromatic rings. The summed E-state index contributed by atoms with van der Waals surface area (Å²) in [5.41, 5.74) is 0. The van der Waals surface area contributed by atoms with Crippen LogP contribution in [0.15, 0.2) is 0 Å². The molecule has 13 heavy (non-hydrogen) atoms. The molecule has 0 radical (unpaired) electrons. The molecular weight excluding hydrogens is 200 g/mol. The van der Waals surface area contributed by atoms with Crippen LogP contribution in [0.4, 0.5) is 0 Å². The van der Waals surface area contributed by atoms with Crippen LogP contribution < -0.4 is 0 Å². The third-order valence-electron chi connectivity index (χ3n) is 2.04. The third-order valence-corrected chi connectivity index (χ3v) is 7.31. The van der Waals surface area contributed by atoms with E-state index in [2.05, 4.69) is 39.8 Å². The Morgan fingerprint density at radius 3 is 1.62 bits per heavy atom. The van der Waals surface area contributed by atoms with Gasteiger partial charge in [0.15, 0.2) is 7.38 Å². The van der Waals surface area contributed by atoms with E-state index in [1.165, 1.54) is 0 Å². The van der Waals surface area contributed by atoms with Crippen molar-refractivity contribution in [3.63, 3.8) is 0 Å². The summed E-state index contributed by atoms with van der Waals surface area (Å²) < 4.78 is 0. The molecule has 0 amide bonds. The Morgan fingerprint density at radius 2 is 1.62 bits per heavy atom. The highest BCUT2D eigenvalue weighted by Gasteiger charge is 2.32. The number of hydrogen-bond donors (Lipinski definition) is 1. The Bertz CT molecular complexity index is 166. The summed E-state index contributed by atoms with van der Waals surface area (Å²) >= 11 is 6.15. The Morgan fingerprint density at radius 1 is 1.31 bits per heavy atom. The lowest BCUT2D eigenvalue weighted by atomic mass is 10.2. The minimum absolute atomic E-state index is 0.342. The van der Waals surface area contributed by atoms with Gasteiger partial charge in [0.1, 0.15) is 6.11 Å². The van der Waals surface area contributed by atoms with Crippen molar-refractivity contribution in [1.82, 2.24) is 0 Å². The van der Waals surface area contributed by atoms with Crippen molar-refractivity contribution in [3.05, 3.63) is 0 Å². The molecule has 0 aliphatic rings. The lowest BCUT2D eigenvalue weighted by molar-refractivity contribution is 0.516. The SMILES string of the molecule is CC(C)(C)[Si](C)(C)Cl.CCC#CO. The van der Waals surface area contributed by atoms with Gasteiger partial charge in [-0.3, -0.25) is 0 Å². The van der Waals surface area contributed by atoms with Gasteiger partial charge in [-0.2, -0.15) is 11.1 Å². The second kappa shape index (κ2) is 6.34. The Balaban J connectivity index is 0. The van der Waals surface area contributed by atoms with Gasteiger partial charge >= 0.3 is 0 Å². The maximum Gasteiger partial charge on any atom is 0.155 e. The Labute approximate surface area is 88.2 Å². The van der Waals surface area contributed by atoms with Gasteiger partial charge in [-0.25, -0.2) is 0 Å². The molecule has 1 nitrogen and oxygen atoms in total. The summed E-state index contributed by atoms with van der Waals surface area (Å²) in [5, 5.41) is 8.05. The van der Waals surface area contributed by atoms with Gasteiger partial charge in [-0.05, 0) is 5.04 Å². The topological polar surface area (TPSA) is 20.2 Å². The molecule has 0 aromatic heterocycles. The molecule has 0 atom stereocenters. The first kappa shape index (κ1) is 15.3. The van der Waals surface area contributed by atoms with Gasteiger partial charge < -0.3 is 5.11 Å². The molecule has 0 heterocycles. The summed E-state index contributed by atoms with van der Waals surface area (Å²) in [4.78, 5) is 0. The highest BCUT2D eigenvalue weighted by atomic mass is 35.6. The molecule has 0 rings (SSSR count). The van der Waals surface area contributed by atoms with E-state index in [9.17, 15) is 0 Å². The molecule has 3 heteroatoms. The maximum absolute atomic E-state index is 7.71. The van der Waals surface area contributed by atoms with Crippen molar-refractivity contribution in [3.8, 4) is 12.0 Å². The molecular formula is C10H21ClOSi. The fourth-order valence-electron chi connectivity index (χ4n) is 0.0791. The molecule has 0 bridgehead atoms. The standard InChI is InChI=1S/C6H15ClSi.C4H6O/c1-6(2,3)8(4,5)7;1-2-3-4-5/h1-5H3;5H,2H2,1H3. The van der Waals surface area contributed by atoms with E-state index >= 15 is 0 Å². The Kier molecular flexibility index (Phi) is 7.48. The van der Waals surface area contributed by atoms with Crippen LogP contribution in [0.5, 0.6) is 0 Å².